The predicted molar refractivity (Wildman–Crippen MR) is 124 cm³/mol. The fourth-order valence-corrected chi connectivity index (χ4v) is 4.08. The Morgan fingerprint density at radius 3 is 2.23 bits per heavy atom. The van der Waals surface area contributed by atoms with Crippen LogP contribution in [0.3, 0.4) is 0 Å². The Balaban J connectivity index is 2.42. The number of rotatable bonds is 14. The second-order valence-corrected chi connectivity index (χ2v) is 9.33. The summed E-state index contributed by atoms with van der Waals surface area (Å²) >= 11 is 0. The summed E-state index contributed by atoms with van der Waals surface area (Å²) in [4.78, 5) is 23.0. The summed E-state index contributed by atoms with van der Waals surface area (Å²) in [6, 6.07) is 0. The highest BCUT2D eigenvalue weighted by molar-refractivity contribution is 5.81. The maximum Gasteiger partial charge on any atom is 0.328 e. The Kier molecular flexibility index (Phi) is 13.6. The molecule has 1 heterocycles. The molecule has 0 bridgehead atoms. The number of hydrogen-bond donors (Lipinski definition) is 7. The van der Waals surface area contributed by atoms with E-state index in [2.05, 4.69) is 6.92 Å². The number of carboxylic acid groups (broad SMARTS) is 1. The Bertz CT molecular complexity index is 735. The molecule has 0 aliphatic carbocycles. The quantitative estimate of drug-likeness (QED) is 0.0720. The lowest BCUT2D eigenvalue weighted by Gasteiger charge is -2.38. The Labute approximate surface area is 205 Å². The number of unbranched alkanes of at least 4 members (excludes halogenated alkanes) is 1. The molecule has 1 aliphatic heterocycles. The number of esters is 1. The first-order valence-electron chi connectivity index (χ1n) is 11.8. The van der Waals surface area contributed by atoms with Crippen LogP contribution in [0.25, 0.3) is 0 Å². The molecule has 0 aromatic heterocycles. The maximum atomic E-state index is 12.3. The van der Waals surface area contributed by atoms with E-state index in [4.69, 9.17) is 14.6 Å². The summed E-state index contributed by atoms with van der Waals surface area (Å²) in [5, 5.41) is 67.3. The Morgan fingerprint density at radius 2 is 1.63 bits per heavy atom. The number of aliphatic hydroxyl groups excluding tert-OH is 6. The number of carbonyl (C=O) groups is 2. The van der Waals surface area contributed by atoms with Gasteiger partial charge in [-0.15, -0.1) is 0 Å². The second-order valence-electron chi connectivity index (χ2n) is 9.33. The highest BCUT2D eigenvalue weighted by atomic mass is 16.6. The van der Waals surface area contributed by atoms with Gasteiger partial charge in [-0.1, -0.05) is 37.8 Å². The molecule has 11 nitrogen and oxygen atoms in total. The number of allylic oxidation sites excluding steroid dienone is 3. The molecule has 1 aliphatic rings. The fraction of sp³-hybridized carbons (Fsp3) is 0.750. The fourth-order valence-electron chi connectivity index (χ4n) is 4.08. The van der Waals surface area contributed by atoms with E-state index in [1.54, 1.807) is 6.92 Å². The first-order chi connectivity index (χ1) is 16.4. The van der Waals surface area contributed by atoms with E-state index in [-0.39, 0.29) is 6.42 Å². The van der Waals surface area contributed by atoms with Gasteiger partial charge in [0.1, 0.15) is 36.9 Å². The van der Waals surface area contributed by atoms with Crippen molar-refractivity contribution < 1.29 is 54.8 Å². The molecule has 0 unspecified atom stereocenters. The third kappa shape index (κ3) is 10.7. The summed E-state index contributed by atoms with van der Waals surface area (Å²) in [5.41, 5.74) is 1.74. The minimum absolute atomic E-state index is 0.258. The number of ether oxygens (including phenoxy) is 2. The molecule has 0 aromatic rings. The van der Waals surface area contributed by atoms with E-state index in [1.807, 2.05) is 13.0 Å². The highest BCUT2D eigenvalue weighted by Crippen LogP contribution is 2.22. The lowest BCUT2D eigenvalue weighted by molar-refractivity contribution is -0.287. The first-order valence-corrected chi connectivity index (χ1v) is 11.8. The molecule has 202 valence electrons. The van der Waals surface area contributed by atoms with Crippen molar-refractivity contribution in [2.24, 2.45) is 11.8 Å². The van der Waals surface area contributed by atoms with Crippen LogP contribution in [0, 0.1) is 11.8 Å². The SMILES string of the molecule is CC(=C\C(=O)O)/C=C(\C)C[C@H](C)CCCC[C@H](O)[C@@H](CO)C(=O)OC[C@H]1O[C@@H](O)[C@@H](O)[C@@H](O)[C@H]1O. The largest absolute Gasteiger partial charge is 0.478 e. The van der Waals surface area contributed by atoms with Crippen LogP contribution in [0.15, 0.2) is 23.3 Å². The molecule has 1 rings (SSSR count). The topological polar surface area (TPSA) is 194 Å². The standard InChI is InChI=1S/C24H40O11/c1-13(8-14(2)9-15(3)10-19(27)28)6-4-5-7-17(26)16(11-25)23(32)34-12-18-20(29)21(30)22(31)24(33)35-18/h9-10,13,16-18,20-22,24-26,29-31,33H,4-8,11-12H2,1-3H3,(H,27,28)/b14-9+,15-10+/t13-,16-,17+,18-,20+,21+,22+,24-/m1/s1. The molecule has 0 radical (unpaired) electrons. The number of hydrogen-bond acceptors (Lipinski definition) is 10. The normalized spacial score (nSPS) is 28.3. The van der Waals surface area contributed by atoms with E-state index < -0.39 is 67.9 Å². The number of aliphatic hydroxyl groups is 6. The zero-order valence-electron chi connectivity index (χ0n) is 20.5. The minimum Gasteiger partial charge on any atom is -0.478 e. The second kappa shape index (κ2) is 15.3. The molecule has 1 saturated heterocycles. The lowest BCUT2D eigenvalue weighted by Crippen LogP contribution is -2.58. The summed E-state index contributed by atoms with van der Waals surface area (Å²) < 4.78 is 9.94. The highest BCUT2D eigenvalue weighted by Gasteiger charge is 2.43. The van der Waals surface area contributed by atoms with Crippen LogP contribution in [-0.2, 0) is 19.1 Å². The summed E-state index contributed by atoms with van der Waals surface area (Å²) in [6.45, 7) is 4.55. The maximum absolute atomic E-state index is 12.3. The van der Waals surface area contributed by atoms with E-state index >= 15 is 0 Å². The van der Waals surface area contributed by atoms with Crippen LogP contribution in [0.5, 0.6) is 0 Å². The molecule has 1 fully saturated rings. The van der Waals surface area contributed by atoms with Crippen LogP contribution in [0.1, 0.15) is 52.9 Å². The number of carboxylic acids is 1. The van der Waals surface area contributed by atoms with E-state index in [0.717, 1.165) is 30.9 Å². The van der Waals surface area contributed by atoms with Crippen LogP contribution < -0.4 is 0 Å². The monoisotopic (exact) mass is 504 g/mol. The van der Waals surface area contributed by atoms with E-state index in [0.29, 0.717) is 17.9 Å². The average Bonchev–Trinajstić information content (AvgIpc) is 2.76. The Morgan fingerprint density at radius 1 is 1.00 bits per heavy atom. The minimum atomic E-state index is -1.76. The van der Waals surface area contributed by atoms with Crippen molar-refractivity contribution in [2.75, 3.05) is 13.2 Å². The van der Waals surface area contributed by atoms with Gasteiger partial charge in [-0.25, -0.2) is 4.79 Å². The zero-order chi connectivity index (χ0) is 26.7. The average molecular weight is 505 g/mol. The van der Waals surface area contributed by atoms with Gasteiger partial charge in [0.2, 0.25) is 0 Å². The molecule has 0 aromatic carbocycles. The predicted octanol–water partition coefficient (Wildman–Crippen LogP) is -0.137. The van der Waals surface area contributed by atoms with Crippen LogP contribution in [0.4, 0.5) is 0 Å². The van der Waals surface area contributed by atoms with Crippen molar-refractivity contribution in [1.82, 2.24) is 0 Å². The smallest absolute Gasteiger partial charge is 0.328 e. The van der Waals surface area contributed by atoms with Crippen LogP contribution in [0.2, 0.25) is 0 Å². The van der Waals surface area contributed by atoms with Crippen molar-refractivity contribution in [2.45, 2.75) is 89.7 Å². The van der Waals surface area contributed by atoms with Gasteiger partial charge in [-0.2, -0.15) is 0 Å². The van der Waals surface area contributed by atoms with Gasteiger partial charge in [0.15, 0.2) is 6.29 Å². The van der Waals surface area contributed by atoms with Gasteiger partial charge < -0.3 is 45.2 Å². The van der Waals surface area contributed by atoms with Gasteiger partial charge >= 0.3 is 11.9 Å². The van der Waals surface area contributed by atoms with Gasteiger partial charge in [0.25, 0.3) is 0 Å². The molecular formula is C24H40O11. The van der Waals surface area contributed by atoms with Gasteiger partial charge in [0, 0.05) is 6.08 Å². The van der Waals surface area contributed by atoms with E-state index in [1.165, 1.54) is 0 Å². The molecule has 0 amide bonds. The Hall–Kier alpha value is -1.86. The first kappa shape index (κ1) is 31.2. The summed E-state index contributed by atoms with van der Waals surface area (Å²) in [6.07, 6.45) is -2.89. The molecule has 11 heteroatoms. The van der Waals surface area contributed by atoms with Gasteiger partial charge in [-0.05, 0) is 38.2 Å². The molecule has 8 atom stereocenters. The molecule has 0 saturated carbocycles. The molecule has 0 spiro atoms. The van der Waals surface area contributed by atoms with Crippen molar-refractivity contribution in [3.63, 3.8) is 0 Å². The van der Waals surface area contributed by atoms with Crippen molar-refractivity contribution in [3.8, 4) is 0 Å². The van der Waals surface area contributed by atoms with Crippen molar-refractivity contribution in [1.29, 1.82) is 0 Å². The zero-order valence-corrected chi connectivity index (χ0v) is 20.5. The summed E-state index contributed by atoms with van der Waals surface area (Å²) in [7, 11) is 0. The third-order valence-corrected chi connectivity index (χ3v) is 5.98. The van der Waals surface area contributed by atoms with Crippen molar-refractivity contribution >= 4 is 11.9 Å². The van der Waals surface area contributed by atoms with Crippen LogP contribution in [-0.4, -0.2) is 97.7 Å². The molecular weight excluding hydrogens is 464 g/mol. The van der Waals surface area contributed by atoms with Gasteiger partial charge in [-0.3, -0.25) is 4.79 Å². The third-order valence-electron chi connectivity index (χ3n) is 5.98. The molecule has 7 N–H and O–H groups in total. The van der Waals surface area contributed by atoms with Crippen LogP contribution >= 0.6 is 0 Å². The summed E-state index contributed by atoms with van der Waals surface area (Å²) in [5.74, 6) is -2.76. The lowest BCUT2D eigenvalue weighted by atomic mass is 9.93. The van der Waals surface area contributed by atoms with Gasteiger partial charge in [0.05, 0.1) is 12.7 Å². The number of aliphatic carboxylic acids is 1. The van der Waals surface area contributed by atoms with Crippen molar-refractivity contribution in [3.05, 3.63) is 23.3 Å². The molecule has 35 heavy (non-hydrogen) atoms. The number of carbonyl (C=O) groups excluding carboxylic acids is 1. The van der Waals surface area contributed by atoms with E-state index in [9.17, 15) is 40.2 Å².